The quantitative estimate of drug-likeness (QED) is 0.282. The fraction of sp³-hybridized carbons (Fsp3) is 0.583. The van der Waals surface area contributed by atoms with Gasteiger partial charge in [0.1, 0.15) is 18.3 Å². The number of carbonyl (C=O) groups excluding carboxylic acids is 1. The number of amides is 1. The zero-order valence-corrected chi connectivity index (χ0v) is 12.3. The van der Waals surface area contributed by atoms with Gasteiger partial charge in [-0.2, -0.15) is 4.98 Å². The Bertz CT molecular complexity index is 695. The number of carbonyl (C=O) groups is 1. The van der Waals surface area contributed by atoms with Crippen LogP contribution in [0.25, 0.3) is 0 Å². The van der Waals surface area contributed by atoms with Crippen molar-refractivity contribution < 1.29 is 24.9 Å². The van der Waals surface area contributed by atoms with Gasteiger partial charge in [0.05, 0.1) is 13.7 Å². The molecule has 3 heterocycles. The Morgan fingerprint density at radius 2 is 2.22 bits per heavy atom. The molecule has 11 heteroatoms. The first-order valence-corrected chi connectivity index (χ1v) is 6.93. The second-order valence-corrected chi connectivity index (χ2v) is 5.84. The van der Waals surface area contributed by atoms with Crippen molar-refractivity contribution >= 4 is 23.9 Å². The van der Waals surface area contributed by atoms with Crippen molar-refractivity contribution in [2.24, 2.45) is 0 Å². The van der Waals surface area contributed by atoms with Crippen molar-refractivity contribution in [1.82, 2.24) is 14.5 Å². The summed E-state index contributed by atoms with van der Waals surface area (Å²) in [5.74, 6) is -0.0551. The van der Waals surface area contributed by atoms with E-state index in [9.17, 15) is 24.9 Å². The van der Waals surface area contributed by atoms with Gasteiger partial charge in [-0.1, -0.05) is 0 Å². The van der Waals surface area contributed by atoms with Crippen LogP contribution in [-0.4, -0.2) is 76.6 Å². The summed E-state index contributed by atoms with van der Waals surface area (Å²) in [5, 5.41) is 29.2. The molecule has 5 atom stereocenters. The molecule has 0 spiro atoms. The summed E-state index contributed by atoms with van der Waals surface area (Å²) < 4.78 is 5.04. The predicted molar refractivity (Wildman–Crippen MR) is 78.2 cm³/mol. The average molecular weight is 328 g/mol. The summed E-state index contributed by atoms with van der Waals surface area (Å²) >= 11 is 0. The minimum absolute atomic E-state index is 0.0367. The number of hydrogen-bond acceptors (Lipinski definition) is 9. The number of aromatic amines is 1. The van der Waals surface area contributed by atoms with E-state index >= 15 is 0 Å². The molecule has 23 heavy (non-hydrogen) atoms. The number of aromatic nitrogens is 2. The molecule has 0 radical (unpaired) electrons. The van der Waals surface area contributed by atoms with E-state index in [2.05, 4.69) is 9.97 Å². The normalized spacial score (nSPS) is 36.3. The van der Waals surface area contributed by atoms with Crippen molar-refractivity contribution in [3.63, 3.8) is 0 Å². The number of nitrogens with zero attached hydrogens (tertiary/aromatic N) is 3. The maximum absolute atomic E-state index is 12.2. The monoisotopic (exact) mass is 328 g/mol. The summed E-state index contributed by atoms with van der Waals surface area (Å²) in [6.07, 6.45) is -4.14. The Labute approximate surface area is 130 Å². The molecule has 126 valence electrons. The highest BCUT2D eigenvalue weighted by molar-refractivity contribution is 5.81. The van der Waals surface area contributed by atoms with Crippen LogP contribution < -0.4 is 20.7 Å². The van der Waals surface area contributed by atoms with E-state index in [4.69, 9.17) is 10.5 Å². The lowest BCUT2D eigenvalue weighted by atomic mass is 10.1. The first-order valence-electron chi connectivity index (χ1n) is 6.93. The van der Waals surface area contributed by atoms with Crippen LogP contribution >= 0.6 is 0 Å². The lowest BCUT2D eigenvalue weighted by Crippen LogP contribution is -2.52. The fourth-order valence-electron chi connectivity index (χ4n) is 3.01. The van der Waals surface area contributed by atoms with E-state index in [0.717, 1.165) is 0 Å². The number of nitrogen functional groups attached to an aromatic ring is 1. The van der Waals surface area contributed by atoms with Gasteiger partial charge in [-0.3, -0.25) is 14.7 Å². The maximum Gasteiger partial charge on any atom is 0.316 e. The Balaban J connectivity index is 2.08. The van der Waals surface area contributed by atoms with E-state index in [1.54, 1.807) is 0 Å². The molecule has 3 rings (SSSR count). The molecule has 6 N–H and O–H groups in total. The Hall–Kier alpha value is -2.05. The maximum atomic E-state index is 12.2. The molecule has 0 bridgehead atoms. The Morgan fingerprint density at radius 3 is 2.78 bits per heavy atom. The number of hydrogen-bond donors (Lipinski definition) is 5. The summed E-state index contributed by atoms with van der Waals surface area (Å²) in [7, 11) is 1.50. The van der Waals surface area contributed by atoms with Crippen LogP contribution in [0.2, 0.25) is 0 Å². The van der Waals surface area contributed by atoms with Gasteiger partial charge in [-0.05, 0) is 0 Å². The third-order valence-corrected chi connectivity index (χ3v) is 4.18. The summed E-state index contributed by atoms with van der Waals surface area (Å²) in [5.41, 5.74) is 5.05. The van der Waals surface area contributed by atoms with E-state index in [1.807, 2.05) is 0 Å². The molecular formula is C12H18N5O6+. The SMILES string of the molecule is C[N+]1(C=O)CN([C@@H]2O[C@H](CO)[C@@H](O)[C@H]2O)c2nc(N)[nH]c(=O)c21. The standard InChI is InChI=1S/C12H17N5O6/c1-17(4-19)3-16(9-6(17)10(22)15-12(13)14-9)11-8(21)7(20)5(2-18)23-11/h4-5,7-8,11,18,20-21H,2-3H2,1H3,(H2-,13,14,15,22)/p+1/t5-,7-,8-,11-,17?/m1/s1. The van der Waals surface area contributed by atoms with E-state index in [-0.39, 0.29) is 24.1 Å². The number of aliphatic hydroxyl groups is 3. The van der Waals surface area contributed by atoms with E-state index in [1.165, 1.54) is 11.9 Å². The second kappa shape index (κ2) is 5.25. The van der Waals surface area contributed by atoms with Gasteiger partial charge in [0.15, 0.2) is 12.9 Å². The minimum atomic E-state index is -1.35. The molecule has 1 aromatic rings. The van der Waals surface area contributed by atoms with Crippen LogP contribution in [0.15, 0.2) is 4.79 Å². The predicted octanol–water partition coefficient (Wildman–Crippen LogP) is -3.34. The van der Waals surface area contributed by atoms with Crippen LogP contribution in [0.3, 0.4) is 0 Å². The van der Waals surface area contributed by atoms with Crippen LogP contribution in [-0.2, 0) is 9.53 Å². The highest BCUT2D eigenvalue weighted by atomic mass is 16.6. The van der Waals surface area contributed by atoms with E-state index in [0.29, 0.717) is 6.41 Å². The zero-order chi connectivity index (χ0) is 16.9. The molecule has 1 unspecified atom stereocenters. The Morgan fingerprint density at radius 1 is 1.52 bits per heavy atom. The van der Waals surface area contributed by atoms with Gasteiger partial charge in [0, 0.05) is 0 Å². The summed E-state index contributed by atoms with van der Waals surface area (Å²) in [4.78, 5) is 31.4. The highest BCUT2D eigenvalue weighted by Gasteiger charge is 2.53. The number of anilines is 2. The number of nitrogens with one attached hydrogen (secondary N) is 1. The van der Waals surface area contributed by atoms with Crippen LogP contribution in [0.5, 0.6) is 0 Å². The molecule has 1 amide bonds. The van der Waals surface area contributed by atoms with Gasteiger partial charge in [0.2, 0.25) is 11.8 Å². The largest absolute Gasteiger partial charge is 0.394 e. The summed E-state index contributed by atoms with van der Waals surface area (Å²) in [6, 6.07) is 0. The van der Waals surface area contributed by atoms with Gasteiger partial charge in [-0.15, -0.1) is 0 Å². The van der Waals surface area contributed by atoms with E-state index < -0.39 is 41.2 Å². The van der Waals surface area contributed by atoms with Gasteiger partial charge < -0.3 is 25.8 Å². The molecular weight excluding hydrogens is 310 g/mol. The van der Waals surface area contributed by atoms with Crippen molar-refractivity contribution in [3.05, 3.63) is 10.4 Å². The molecule has 11 nitrogen and oxygen atoms in total. The number of ether oxygens (including phenoxy) is 1. The van der Waals surface area contributed by atoms with Gasteiger partial charge >= 0.3 is 12.0 Å². The van der Waals surface area contributed by atoms with Crippen molar-refractivity contribution in [2.45, 2.75) is 24.5 Å². The average Bonchev–Trinajstić information content (AvgIpc) is 2.95. The molecule has 1 aromatic heterocycles. The number of H-pyrrole nitrogens is 1. The third kappa shape index (κ3) is 2.21. The topological polar surface area (TPSA) is 162 Å². The van der Waals surface area contributed by atoms with Crippen LogP contribution in [0.4, 0.5) is 17.5 Å². The first kappa shape index (κ1) is 15.8. The minimum Gasteiger partial charge on any atom is -0.394 e. The van der Waals surface area contributed by atoms with Crippen molar-refractivity contribution in [1.29, 1.82) is 0 Å². The number of nitrogens with two attached hydrogens (primary N) is 1. The fourth-order valence-corrected chi connectivity index (χ4v) is 3.01. The van der Waals surface area contributed by atoms with Crippen molar-refractivity contribution in [2.75, 3.05) is 31.0 Å². The molecule has 0 aliphatic carbocycles. The molecule has 0 aromatic carbocycles. The van der Waals surface area contributed by atoms with Crippen LogP contribution in [0.1, 0.15) is 0 Å². The first-order chi connectivity index (χ1) is 10.8. The number of aliphatic hydroxyl groups excluding tert-OH is 3. The van der Waals surface area contributed by atoms with Crippen molar-refractivity contribution in [3.8, 4) is 0 Å². The number of rotatable bonds is 3. The molecule has 1 fully saturated rings. The Kier molecular flexibility index (Phi) is 3.61. The number of fused-ring (bicyclic) bond motifs is 1. The van der Waals surface area contributed by atoms with Gasteiger partial charge in [0.25, 0.3) is 5.69 Å². The smallest absolute Gasteiger partial charge is 0.316 e. The second-order valence-electron chi connectivity index (χ2n) is 5.84. The highest BCUT2D eigenvalue weighted by Crippen LogP contribution is 2.39. The van der Waals surface area contributed by atoms with Gasteiger partial charge in [-0.25, -0.2) is 9.28 Å². The molecule has 2 aliphatic heterocycles. The molecule has 0 saturated carbocycles. The lowest BCUT2D eigenvalue weighted by Gasteiger charge is -2.27. The lowest BCUT2D eigenvalue weighted by molar-refractivity contribution is -0.116. The molecule has 1 saturated heterocycles. The zero-order valence-electron chi connectivity index (χ0n) is 12.3. The third-order valence-electron chi connectivity index (χ3n) is 4.18. The number of quaternary nitrogens is 1. The van der Waals surface area contributed by atoms with Crippen LogP contribution in [0, 0.1) is 0 Å². The summed E-state index contributed by atoms with van der Waals surface area (Å²) in [6.45, 7) is -0.523. The molecule has 2 aliphatic rings.